The minimum absolute atomic E-state index is 0.0679. The minimum Gasteiger partial charge on any atom is -0.481 e. The lowest BCUT2D eigenvalue weighted by atomic mass is 10.2. The Morgan fingerprint density at radius 3 is 1.93 bits per heavy atom. The summed E-state index contributed by atoms with van der Waals surface area (Å²) in [4.78, 5) is 23.0. The molecule has 0 aromatic carbocycles. The van der Waals surface area contributed by atoms with E-state index in [1.165, 1.54) is 25.7 Å². The van der Waals surface area contributed by atoms with Crippen molar-refractivity contribution < 1.29 is 23.9 Å². The third-order valence-corrected chi connectivity index (χ3v) is 4.42. The van der Waals surface area contributed by atoms with Gasteiger partial charge in [-0.25, -0.2) is 4.79 Å². The van der Waals surface area contributed by atoms with Crippen LogP contribution in [0.25, 0.3) is 0 Å². The van der Waals surface area contributed by atoms with Crippen molar-refractivity contribution >= 4 is 12.0 Å². The molecule has 0 fully saturated rings. The van der Waals surface area contributed by atoms with Gasteiger partial charge in [0.05, 0.1) is 40.2 Å². The molecule has 0 heterocycles. The van der Waals surface area contributed by atoms with Crippen LogP contribution < -0.4 is 10.6 Å². The van der Waals surface area contributed by atoms with Crippen molar-refractivity contribution in [2.24, 2.45) is 0 Å². The summed E-state index contributed by atoms with van der Waals surface area (Å²) in [7, 11) is 5.93. The molecule has 3 N–H and O–H groups in total. The number of aliphatic carboxylic acids is 1. The van der Waals surface area contributed by atoms with E-state index in [0.29, 0.717) is 17.6 Å². The van der Waals surface area contributed by atoms with Gasteiger partial charge >= 0.3 is 12.0 Å². The molecular formula is C23H50N3O4+. The summed E-state index contributed by atoms with van der Waals surface area (Å²) in [5.74, 6) is -0.901. The topological polar surface area (TPSA) is 87.7 Å². The molecule has 180 valence electrons. The Hall–Kier alpha value is -1.34. The third kappa shape index (κ3) is 24.7. The van der Waals surface area contributed by atoms with Gasteiger partial charge in [0.2, 0.25) is 0 Å². The van der Waals surface area contributed by atoms with Gasteiger partial charge in [-0.3, -0.25) is 4.79 Å². The number of hydrogen-bond donors (Lipinski definition) is 3. The molecule has 1 atom stereocenters. The number of hydrogen-bond acceptors (Lipinski definition) is 3. The first kappa shape index (κ1) is 30.9. The summed E-state index contributed by atoms with van der Waals surface area (Å²) in [5, 5.41) is 14.6. The zero-order valence-corrected chi connectivity index (χ0v) is 20.6. The largest absolute Gasteiger partial charge is 0.481 e. The van der Waals surface area contributed by atoms with Crippen LogP contribution in [0.5, 0.6) is 0 Å². The molecule has 0 aromatic rings. The SMILES string of the molecule is CC.CCCCCCCOCCCCCCNC(=O)N[C@H](CC(=O)O)C[N+](C)(C)C. The number of quaternary nitrogens is 1. The number of carbonyl (C=O) groups is 2. The molecule has 0 saturated carbocycles. The summed E-state index contributed by atoms with van der Waals surface area (Å²) >= 11 is 0. The lowest BCUT2D eigenvalue weighted by molar-refractivity contribution is -0.871. The molecule has 0 aliphatic carbocycles. The Morgan fingerprint density at radius 2 is 1.43 bits per heavy atom. The fourth-order valence-corrected chi connectivity index (χ4v) is 3.06. The molecule has 0 saturated heterocycles. The standard InChI is InChI=1S/C21H43N3O4.C2H6/c1-5-6-7-9-12-15-28-16-13-10-8-11-14-22-21(27)23-19(17-20(25)26)18-24(2,3)4;1-2/h19H,5-18H2,1-4H3,(H2-,22,23,25,26,27);1-2H3/p+1/t19-;/m1./s1. The Bertz CT molecular complexity index is 412. The minimum atomic E-state index is -0.901. The van der Waals surface area contributed by atoms with Crippen molar-refractivity contribution in [1.82, 2.24) is 10.6 Å². The van der Waals surface area contributed by atoms with Crippen LogP contribution >= 0.6 is 0 Å². The molecule has 30 heavy (non-hydrogen) atoms. The number of carboxylic acid groups (broad SMARTS) is 1. The van der Waals surface area contributed by atoms with Crippen molar-refractivity contribution in [3.05, 3.63) is 0 Å². The quantitative estimate of drug-likeness (QED) is 0.221. The number of nitrogens with one attached hydrogen (secondary N) is 2. The molecule has 7 nitrogen and oxygen atoms in total. The number of carbonyl (C=O) groups excluding carboxylic acids is 1. The van der Waals surface area contributed by atoms with E-state index in [2.05, 4.69) is 17.6 Å². The number of likely N-dealkylation sites (N-methyl/N-ethyl adjacent to an activating group) is 1. The molecule has 2 amide bonds. The van der Waals surface area contributed by atoms with Crippen LogP contribution in [0.2, 0.25) is 0 Å². The molecule has 7 heteroatoms. The van der Waals surface area contributed by atoms with Crippen LogP contribution in [0.3, 0.4) is 0 Å². The third-order valence-electron chi connectivity index (χ3n) is 4.42. The molecule has 0 aromatic heterocycles. The number of carboxylic acids is 1. The number of ether oxygens (including phenoxy) is 1. The Morgan fingerprint density at radius 1 is 0.900 bits per heavy atom. The summed E-state index contributed by atoms with van der Waals surface area (Å²) in [6.45, 7) is 9.09. The molecule has 0 rings (SSSR count). The van der Waals surface area contributed by atoms with Crippen molar-refractivity contribution in [3.8, 4) is 0 Å². The predicted molar refractivity (Wildman–Crippen MR) is 125 cm³/mol. The first-order valence-electron chi connectivity index (χ1n) is 11.9. The summed E-state index contributed by atoms with van der Waals surface area (Å²) in [5.41, 5.74) is 0. The van der Waals surface area contributed by atoms with Crippen molar-refractivity contribution in [2.45, 2.75) is 91.0 Å². The number of urea groups is 1. The van der Waals surface area contributed by atoms with Gasteiger partial charge in [-0.15, -0.1) is 0 Å². The number of amides is 2. The highest BCUT2D eigenvalue weighted by atomic mass is 16.5. The van der Waals surface area contributed by atoms with E-state index in [1.807, 2.05) is 35.0 Å². The van der Waals surface area contributed by atoms with E-state index in [-0.39, 0.29) is 18.5 Å². The first-order chi connectivity index (χ1) is 14.2. The maximum Gasteiger partial charge on any atom is 0.315 e. The van der Waals surface area contributed by atoms with Crippen LogP contribution in [0.1, 0.15) is 85.0 Å². The molecule has 0 spiro atoms. The number of unbranched alkanes of at least 4 members (excludes halogenated alkanes) is 7. The molecular weight excluding hydrogens is 382 g/mol. The Labute approximate surface area is 185 Å². The van der Waals surface area contributed by atoms with E-state index in [4.69, 9.17) is 9.84 Å². The first-order valence-corrected chi connectivity index (χ1v) is 11.9. The van der Waals surface area contributed by atoms with Crippen LogP contribution in [-0.4, -0.2) is 75.1 Å². The van der Waals surface area contributed by atoms with E-state index < -0.39 is 5.97 Å². The summed E-state index contributed by atoms with van der Waals surface area (Å²) in [6.07, 6.45) is 10.4. The van der Waals surface area contributed by atoms with Crippen LogP contribution in [0.4, 0.5) is 4.79 Å². The van der Waals surface area contributed by atoms with Gasteiger partial charge in [0.1, 0.15) is 0 Å². The maximum atomic E-state index is 12.0. The second-order valence-corrected chi connectivity index (χ2v) is 8.61. The predicted octanol–water partition coefficient (Wildman–Crippen LogP) is 4.41. The second-order valence-electron chi connectivity index (χ2n) is 8.61. The van der Waals surface area contributed by atoms with E-state index in [9.17, 15) is 9.59 Å². The zero-order chi connectivity index (χ0) is 23.3. The fourth-order valence-electron chi connectivity index (χ4n) is 3.06. The summed E-state index contributed by atoms with van der Waals surface area (Å²) < 4.78 is 6.24. The van der Waals surface area contributed by atoms with E-state index in [1.54, 1.807) is 0 Å². The highest BCUT2D eigenvalue weighted by Gasteiger charge is 2.22. The Balaban J connectivity index is 0. The highest BCUT2D eigenvalue weighted by molar-refractivity contribution is 5.75. The smallest absolute Gasteiger partial charge is 0.315 e. The van der Waals surface area contributed by atoms with Gasteiger partial charge < -0.3 is 25.0 Å². The van der Waals surface area contributed by atoms with E-state index in [0.717, 1.165) is 45.3 Å². The monoisotopic (exact) mass is 432 g/mol. The Kier molecular flexibility index (Phi) is 21.5. The normalized spacial score (nSPS) is 11.9. The fraction of sp³-hybridized carbons (Fsp3) is 0.913. The maximum absolute atomic E-state index is 12.0. The summed E-state index contributed by atoms with van der Waals surface area (Å²) in [6, 6.07) is -0.664. The van der Waals surface area contributed by atoms with Gasteiger partial charge in [0, 0.05) is 19.8 Å². The molecule has 0 bridgehead atoms. The van der Waals surface area contributed by atoms with Crippen LogP contribution in [-0.2, 0) is 9.53 Å². The van der Waals surface area contributed by atoms with Gasteiger partial charge in [0.15, 0.2) is 0 Å². The van der Waals surface area contributed by atoms with Crippen LogP contribution in [0, 0.1) is 0 Å². The van der Waals surface area contributed by atoms with Crippen molar-refractivity contribution in [3.63, 3.8) is 0 Å². The van der Waals surface area contributed by atoms with Crippen LogP contribution in [0.15, 0.2) is 0 Å². The van der Waals surface area contributed by atoms with Gasteiger partial charge in [-0.05, 0) is 19.3 Å². The second kappa shape index (κ2) is 20.9. The van der Waals surface area contributed by atoms with Crippen molar-refractivity contribution in [1.29, 1.82) is 0 Å². The van der Waals surface area contributed by atoms with Gasteiger partial charge in [-0.1, -0.05) is 59.3 Å². The van der Waals surface area contributed by atoms with E-state index >= 15 is 0 Å². The molecule has 0 aliphatic rings. The molecule has 0 aliphatic heterocycles. The average molecular weight is 433 g/mol. The average Bonchev–Trinajstić information content (AvgIpc) is 2.65. The number of nitrogens with zero attached hydrogens (tertiary/aromatic N) is 1. The molecule has 0 radical (unpaired) electrons. The van der Waals surface area contributed by atoms with Gasteiger partial charge in [-0.2, -0.15) is 0 Å². The van der Waals surface area contributed by atoms with Gasteiger partial charge in [0.25, 0.3) is 0 Å². The highest BCUT2D eigenvalue weighted by Crippen LogP contribution is 2.04. The lowest BCUT2D eigenvalue weighted by Crippen LogP contribution is -2.52. The lowest BCUT2D eigenvalue weighted by Gasteiger charge is -2.29. The molecule has 0 unspecified atom stereocenters. The zero-order valence-electron chi connectivity index (χ0n) is 20.6. The number of rotatable bonds is 18. The van der Waals surface area contributed by atoms with Crippen molar-refractivity contribution in [2.75, 3.05) is 47.4 Å².